The molecule has 0 aromatic heterocycles. The van der Waals surface area contributed by atoms with Crippen LogP contribution in [0, 0.1) is 12.7 Å². The van der Waals surface area contributed by atoms with E-state index in [9.17, 15) is 9.18 Å². The summed E-state index contributed by atoms with van der Waals surface area (Å²) in [7, 11) is 1.55. The predicted molar refractivity (Wildman–Crippen MR) is 113 cm³/mol. The first-order valence-electron chi connectivity index (χ1n) is 8.69. The highest BCUT2D eigenvalue weighted by atomic mass is 35.5. The average Bonchev–Trinajstić information content (AvgIpc) is 2.71. The summed E-state index contributed by atoms with van der Waals surface area (Å²) in [5.41, 5.74) is 2.40. The normalized spacial score (nSPS) is 10.5. The number of ether oxygens (including phenoxy) is 2. The molecule has 3 aromatic rings. The number of amides is 1. The van der Waals surface area contributed by atoms with Crippen LogP contribution >= 0.6 is 23.2 Å². The Kier molecular flexibility index (Phi) is 6.62. The molecule has 0 radical (unpaired) electrons. The summed E-state index contributed by atoms with van der Waals surface area (Å²) in [5.74, 6) is 0.340. The smallest absolute Gasteiger partial charge is 0.255 e. The summed E-state index contributed by atoms with van der Waals surface area (Å²) in [6.07, 6.45) is 0. The van der Waals surface area contributed by atoms with E-state index in [2.05, 4.69) is 5.32 Å². The Morgan fingerprint density at radius 1 is 1.03 bits per heavy atom. The molecule has 3 aromatic carbocycles. The van der Waals surface area contributed by atoms with E-state index in [1.807, 2.05) is 13.0 Å². The lowest BCUT2D eigenvalue weighted by Crippen LogP contribution is -2.13. The van der Waals surface area contributed by atoms with Gasteiger partial charge in [0, 0.05) is 21.8 Å². The summed E-state index contributed by atoms with van der Waals surface area (Å²) >= 11 is 11.8. The Hall–Kier alpha value is -2.76. The van der Waals surface area contributed by atoms with E-state index in [1.54, 1.807) is 37.4 Å². The molecule has 0 spiro atoms. The van der Waals surface area contributed by atoms with Crippen molar-refractivity contribution >= 4 is 34.8 Å². The highest BCUT2D eigenvalue weighted by Crippen LogP contribution is 2.26. The Bertz CT molecular complexity index is 1060. The molecule has 0 saturated carbocycles. The maximum atomic E-state index is 13.3. The number of anilines is 1. The van der Waals surface area contributed by atoms with Gasteiger partial charge in [-0.2, -0.15) is 0 Å². The van der Waals surface area contributed by atoms with Gasteiger partial charge in [0.15, 0.2) is 0 Å². The van der Waals surface area contributed by atoms with Crippen LogP contribution in [0.25, 0.3) is 0 Å². The molecule has 0 aliphatic heterocycles. The van der Waals surface area contributed by atoms with Gasteiger partial charge in [0.05, 0.1) is 12.1 Å². The highest BCUT2D eigenvalue weighted by molar-refractivity contribution is 6.31. The van der Waals surface area contributed by atoms with Gasteiger partial charge < -0.3 is 14.8 Å². The molecule has 0 aliphatic rings. The van der Waals surface area contributed by atoms with Crippen LogP contribution in [-0.4, -0.2) is 13.0 Å². The number of rotatable bonds is 6. The van der Waals surface area contributed by atoms with Crippen LogP contribution in [0.2, 0.25) is 10.0 Å². The molecule has 7 heteroatoms. The number of nitrogens with one attached hydrogen (secondary N) is 1. The standard InChI is InChI=1S/C22H18Cl2FNO3/c1-13-9-17(5-6-18(13)23)29-12-15-10-14(3-8-21(15)28-2)22(27)26-16-4-7-20(25)19(24)11-16/h3-11H,12H2,1-2H3,(H,26,27). The zero-order valence-electron chi connectivity index (χ0n) is 15.8. The number of carbonyl (C=O) groups excluding carboxylic acids is 1. The first-order valence-corrected chi connectivity index (χ1v) is 9.45. The van der Waals surface area contributed by atoms with Crippen LogP contribution in [0.4, 0.5) is 10.1 Å². The quantitative estimate of drug-likeness (QED) is 0.497. The van der Waals surface area contributed by atoms with Gasteiger partial charge in [0.25, 0.3) is 5.91 Å². The Labute approximate surface area is 178 Å². The second-order valence-electron chi connectivity index (χ2n) is 6.31. The van der Waals surface area contributed by atoms with E-state index in [4.69, 9.17) is 32.7 Å². The van der Waals surface area contributed by atoms with Gasteiger partial charge in [-0.3, -0.25) is 4.79 Å². The van der Waals surface area contributed by atoms with E-state index in [0.29, 0.717) is 33.3 Å². The van der Waals surface area contributed by atoms with E-state index in [0.717, 1.165) is 5.56 Å². The van der Waals surface area contributed by atoms with Crippen molar-refractivity contribution in [3.63, 3.8) is 0 Å². The summed E-state index contributed by atoms with van der Waals surface area (Å²) in [4.78, 5) is 12.6. The van der Waals surface area contributed by atoms with Gasteiger partial charge in [0.2, 0.25) is 0 Å². The molecule has 1 N–H and O–H groups in total. The largest absolute Gasteiger partial charge is 0.496 e. The Morgan fingerprint density at radius 2 is 1.83 bits per heavy atom. The zero-order chi connectivity index (χ0) is 21.0. The van der Waals surface area contributed by atoms with Crippen molar-refractivity contribution in [3.05, 3.63) is 87.2 Å². The third kappa shape index (κ3) is 5.19. The third-order valence-electron chi connectivity index (χ3n) is 4.24. The topological polar surface area (TPSA) is 47.6 Å². The molecule has 0 heterocycles. The molecule has 0 unspecified atom stereocenters. The number of benzene rings is 3. The minimum Gasteiger partial charge on any atom is -0.496 e. The van der Waals surface area contributed by atoms with Crippen molar-refractivity contribution in [3.8, 4) is 11.5 Å². The van der Waals surface area contributed by atoms with Crippen molar-refractivity contribution in [1.29, 1.82) is 0 Å². The number of hydrogen-bond acceptors (Lipinski definition) is 3. The van der Waals surface area contributed by atoms with Crippen LogP contribution in [0.1, 0.15) is 21.5 Å². The molecule has 0 aliphatic carbocycles. The lowest BCUT2D eigenvalue weighted by molar-refractivity contribution is 0.102. The summed E-state index contributed by atoms with van der Waals surface area (Å²) < 4.78 is 24.5. The monoisotopic (exact) mass is 433 g/mol. The fourth-order valence-electron chi connectivity index (χ4n) is 2.68. The summed E-state index contributed by atoms with van der Waals surface area (Å²) in [6, 6.07) is 14.4. The molecule has 0 atom stereocenters. The molecule has 29 heavy (non-hydrogen) atoms. The van der Waals surface area contributed by atoms with E-state index < -0.39 is 5.82 Å². The summed E-state index contributed by atoms with van der Waals surface area (Å²) in [5, 5.41) is 3.29. The predicted octanol–water partition coefficient (Wildman–Crippen LogP) is 6.28. The second kappa shape index (κ2) is 9.16. The molecule has 1 amide bonds. The van der Waals surface area contributed by atoms with Crippen LogP contribution < -0.4 is 14.8 Å². The van der Waals surface area contributed by atoms with Gasteiger partial charge in [-0.15, -0.1) is 0 Å². The van der Waals surface area contributed by atoms with E-state index in [1.165, 1.54) is 18.2 Å². The van der Waals surface area contributed by atoms with Crippen molar-refractivity contribution < 1.29 is 18.7 Å². The van der Waals surface area contributed by atoms with Crippen LogP contribution in [0.3, 0.4) is 0 Å². The number of methoxy groups -OCH3 is 1. The molecular weight excluding hydrogens is 416 g/mol. The first kappa shape index (κ1) is 21.0. The maximum absolute atomic E-state index is 13.3. The maximum Gasteiger partial charge on any atom is 0.255 e. The molecule has 0 saturated heterocycles. The van der Waals surface area contributed by atoms with Gasteiger partial charge >= 0.3 is 0 Å². The second-order valence-corrected chi connectivity index (χ2v) is 7.12. The number of halogens is 3. The Balaban J connectivity index is 1.77. The minimum atomic E-state index is -0.550. The first-order chi connectivity index (χ1) is 13.9. The fourth-order valence-corrected chi connectivity index (χ4v) is 2.98. The minimum absolute atomic E-state index is 0.0649. The Morgan fingerprint density at radius 3 is 2.52 bits per heavy atom. The lowest BCUT2D eigenvalue weighted by atomic mass is 10.1. The van der Waals surface area contributed by atoms with Crippen LogP contribution in [0.15, 0.2) is 54.6 Å². The number of carbonyl (C=O) groups is 1. The van der Waals surface area contributed by atoms with Crippen LogP contribution in [-0.2, 0) is 6.61 Å². The van der Waals surface area contributed by atoms with Crippen molar-refractivity contribution in [2.24, 2.45) is 0 Å². The van der Waals surface area contributed by atoms with Gasteiger partial charge in [-0.25, -0.2) is 4.39 Å². The SMILES string of the molecule is COc1ccc(C(=O)Nc2ccc(F)c(Cl)c2)cc1COc1ccc(Cl)c(C)c1. The molecular formula is C22H18Cl2FNO3. The van der Waals surface area contributed by atoms with E-state index in [-0.39, 0.29) is 17.5 Å². The molecule has 0 fully saturated rings. The van der Waals surface area contributed by atoms with Crippen molar-refractivity contribution in [2.75, 3.05) is 12.4 Å². The average molecular weight is 434 g/mol. The lowest BCUT2D eigenvalue weighted by Gasteiger charge is -2.13. The zero-order valence-corrected chi connectivity index (χ0v) is 17.3. The van der Waals surface area contributed by atoms with Gasteiger partial charge in [-0.05, 0) is 67.1 Å². The molecule has 3 rings (SSSR count). The fraction of sp³-hybridized carbons (Fsp3) is 0.136. The van der Waals surface area contributed by atoms with Gasteiger partial charge in [-0.1, -0.05) is 23.2 Å². The highest BCUT2D eigenvalue weighted by Gasteiger charge is 2.12. The number of hydrogen-bond donors (Lipinski definition) is 1. The third-order valence-corrected chi connectivity index (χ3v) is 4.96. The number of aryl methyl sites for hydroxylation is 1. The van der Waals surface area contributed by atoms with Gasteiger partial charge in [0.1, 0.15) is 23.9 Å². The van der Waals surface area contributed by atoms with E-state index >= 15 is 0 Å². The van der Waals surface area contributed by atoms with Crippen molar-refractivity contribution in [2.45, 2.75) is 13.5 Å². The molecule has 0 bridgehead atoms. The summed E-state index contributed by atoms with van der Waals surface area (Å²) in [6.45, 7) is 2.09. The molecule has 4 nitrogen and oxygen atoms in total. The van der Waals surface area contributed by atoms with Crippen molar-refractivity contribution in [1.82, 2.24) is 0 Å². The van der Waals surface area contributed by atoms with Crippen LogP contribution in [0.5, 0.6) is 11.5 Å². The molecule has 150 valence electrons.